The number of amides is 1. The number of aromatic nitrogens is 1. The van der Waals surface area contributed by atoms with Crippen LogP contribution in [-0.4, -0.2) is 19.1 Å². The van der Waals surface area contributed by atoms with Crippen LogP contribution in [0.1, 0.15) is 94.5 Å². The first kappa shape index (κ1) is 35.1. The number of nitrogens with zero attached hydrogens (tertiary/aromatic N) is 1. The molecular weight excluding hydrogens is 620 g/mol. The Balaban J connectivity index is 0.00000588. The summed E-state index contributed by atoms with van der Waals surface area (Å²) < 4.78 is 13.7. The summed E-state index contributed by atoms with van der Waals surface area (Å²) >= 11 is 8.12. The topological polar surface area (TPSA) is 51.4 Å². The highest BCUT2D eigenvalue weighted by molar-refractivity contribution is 7.09. The average molecular weight is 666 g/mol. The quantitative estimate of drug-likeness (QED) is 0.116. The highest BCUT2D eigenvalue weighted by Crippen LogP contribution is 2.29. The molecule has 3 aromatic rings. The number of halogens is 2. The van der Waals surface area contributed by atoms with E-state index in [0.717, 1.165) is 24.2 Å². The van der Waals surface area contributed by atoms with E-state index in [2.05, 4.69) is 41.4 Å². The van der Waals surface area contributed by atoms with E-state index < -0.39 is 0 Å². The summed E-state index contributed by atoms with van der Waals surface area (Å²) in [5, 5.41) is 6.71. The van der Waals surface area contributed by atoms with Crippen LogP contribution in [0.15, 0.2) is 54.0 Å². The fourth-order valence-corrected chi connectivity index (χ4v) is 5.53. The average Bonchev–Trinajstić information content (AvgIpc) is 3.35. The predicted molar refractivity (Wildman–Crippen MR) is 167 cm³/mol. The first-order valence-corrected chi connectivity index (χ1v) is 16.2. The molecule has 0 spiro atoms. The smallest absolute Gasteiger partial charge is 0.262 e. The third-order valence-corrected chi connectivity index (χ3v) is 8.11. The van der Waals surface area contributed by atoms with Gasteiger partial charge in [-0.25, -0.2) is 0 Å². The lowest BCUT2D eigenvalue weighted by molar-refractivity contribution is -0.689. The van der Waals surface area contributed by atoms with Crippen molar-refractivity contribution in [2.24, 2.45) is 0 Å². The first-order chi connectivity index (χ1) is 19.5. The first-order valence-electron chi connectivity index (χ1n) is 14.9. The molecule has 0 aliphatic rings. The summed E-state index contributed by atoms with van der Waals surface area (Å²) in [5.74, 6) is 0.966. The summed E-state index contributed by atoms with van der Waals surface area (Å²) in [6, 6.07) is 13.2. The number of rotatable bonds is 20. The van der Waals surface area contributed by atoms with Gasteiger partial charge in [-0.05, 0) is 30.7 Å². The van der Waals surface area contributed by atoms with Crippen LogP contribution in [-0.2, 0) is 11.3 Å². The number of aryl methyl sites for hydroxylation is 1. The van der Waals surface area contributed by atoms with E-state index in [1.54, 1.807) is 23.5 Å². The van der Waals surface area contributed by atoms with Crippen molar-refractivity contribution in [3.05, 3.63) is 69.6 Å². The lowest BCUT2D eigenvalue weighted by atomic mass is 10.1. The Hall–Kier alpha value is -2.09. The van der Waals surface area contributed by atoms with Gasteiger partial charge in [-0.15, -0.1) is 0 Å². The van der Waals surface area contributed by atoms with Crippen molar-refractivity contribution in [1.29, 1.82) is 0 Å². The van der Waals surface area contributed by atoms with Crippen molar-refractivity contribution in [1.82, 2.24) is 0 Å². The van der Waals surface area contributed by atoms with E-state index in [1.807, 2.05) is 24.3 Å². The lowest BCUT2D eigenvalue weighted by Crippen LogP contribution is -3.00. The van der Waals surface area contributed by atoms with Gasteiger partial charge in [0, 0.05) is 24.2 Å². The second-order valence-electron chi connectivity index (χ2n) is 10.4. The third kappa shape index (κ3) is 14.1. The van der Waals surface area contributed by atoms with Crippen LogP contribution in [0, 0.1) is 6.92 Å². The van der Waals surface area contributed by atoms with E-state index in [9.17, 15) is 4.79 Å². The maximum absolute atomic E-state index is 12.5. The second kappa shape index (κ2) is 20.7. The normalized spacial score (nSPS) is 10.7. The summed E-state index contributed by atoms with van der Waals surface area (Å²) in [6.45, 7) is 5.69. The molecule has 0 aliphatic heterocycles. The minimum absolute atomic E-state index is 0. The Morgan fingerprint density at radius 2 is 1.59 bits per heavy atom. The van der Waals surface area contributed by atoms with Crippen LogP contribution in [0.25, 0.3) is 0 Å². The maximum atomic E-state index is 12.5. The zero-order chi connectivity index (χ0) is 28.4. The predicted octanol–water partition coefficient (Wildman–Crippen LogP) is 6.15. The molecule has 0 fully saturated rings. The number of unbranched alkanes of at least 4 members (excludes halogenated alkanes) is 11. The molecule has 0 aliphatic carbocycles. The van der Waals surface area contributed by atoms with Crippen LogP contribution in [0.3, 0.4) is 0 Å². The molecule has 0 radical (unpaired) electrons. The molecule has 2 aromatic carbocycles. The Kier molecular flexibility index (Phi) is 17.8. The van der Waals surface area contributed by atoms with Crippen LogP contribution in [0.5, 0.6) is 11.5 Å². The summed E-state index contributed by atoms with van der Waals surface area (Å²) in [7, 11) is 0. The SMILES string of the molecule is CCCCCCCCCCCCCCOc1ccc(OCC(=O)Nc2cccc(C[n+]3ccsc3C)c2)cc1Cl.[Br-]. The molecule has 0 saturated heterocycles. The molecule has 8 heteroatoms. The molecule has 226 valence electrons. The van der Waals surface area contributed by atoms with Gasteiger partial charge in [-0.3, -0.25) is 4.79 Å². The minimum Gasteiger partial charge on any atom is -1.00 e. The zero-order valence-corrected chi connectivity index (χ0v) is 27.8. The Morgan fingerprint density at radius 1 is 0.902 bits per heavy atom. The zero-order valence-electron chi connectivity index (χ0n) is 24.6. The molecule has 41 heavy (non-hydrogen) atoms. The van der Waals surface area contributed by atoms with Gasteiger partial charge in [0.25, 0.3) is 5.91 Å². The van der Waals surface area contributed by atoms with Gasteiger partial charge in [-0.1, -0.05) is 113 Å². The number of ether oxygens (including phenoxy) is 2. The van der Waals surface area contributed by atoms with E-state index >= 15 is 0 Å². The van der Waals surface area contributed by atoms with E-state index in [1.165, 1.54) is 75.6 Å². The van der Waals surface area contributed by atoms with E-state index in [4.69, 9.17) is 21.1 Å². The fourth-order valence-electron chi connectivity index (χ4n) is 4.64. The molecule has 0 saturated carbocycles. The van der Waals surface area contributed by atoms with Gasteiger partial charge in [0.15, 0.2) is 19.3 Å². The van der Waals surface area contributed by atoms with Crippen molar-refractivity contribution >= 4 is 34.5 Å². The van der Waals surface area contributed by atoms with Crippen LogP contribution >= 0.6 is 22.9 Å². The molecule has 0 unspecified atom stereocenters. The highest BCUT2D eigenvalue weighted by Gasteiger charge is 2.11. The van der Waals surface area contributed by atoms with Crippen molar-refractivity contribution < 1.29 is 35.8 Å². The number of carbonyl (C=O) groups excluding carboxylic acids is 1. The number of carbonyl (C=O) groups is 1. The number of benzene rings is 2. The molecule has 3 rings (SSSR count). The third-order valence-electron chi connectivity index (χ3n) is 6.98. The molecular formula is C33H46BrClN2O3S. The monoisotopic (exact) mass is 664 g/mol. The molecule has 0 bridgehead atoms. The maximum Gasteiger partial charge on any atom is 0.262 e. The number of hydrogen-bond donors (Lipinski definition) is 1. The molecule has 1 N–H and O–H groups in total. The number of anilines is 1. The number of thiazole rings is 1. The minimum atomic E-state index is -0.222. The van der Waals surface area contributed by atoms with Crippen LogP contribution < -0.4 is 36.3 Å². The molecule has 1 amide bonds. The van der Waals surface area contributed by atoms with Gasteiger partial charge in [0.2, 0.25) is 5.01 Å². The fraction of sp³-hybridized carbons (Fsp3) is 0.515. The molecule has 1 aromatic heterocycles. The largest absolute Gasteiger partial charge is 1.00 e. The standard InChI is InChI=1S/C33H45ClN2O3S.BrH/c1-3-4-5-6-7-8-9-10-11-12-13-14-21-38-32-19-18-30(24-31(32)34)39-26-33(37)35-29-17-15-16-28(23-29)25-36-20-22-40-27(36)2;/h15-20,22-24H,3-14,21,25-26H2,1-2H3;1H. The van der Waals surface area contributed by atoms with Gasteiger partial charge < -0.3 is 31.8 Å². The van der Waals surface area contributed by atoms with Crippen molar-refractivity contribution in [3.8, 4) is 11.5 Å². The van der Waals surface area contributed by atoms with Crippen LogP contribution in [0.2, 0.25) is 5.02 Å². The Labute approximate surface area is 266 Å². The molecule has 1 heterocycles. The van der Waals surface area contributed by atoms with Crippen molar-refractivity contribution in [3.63, 3.8) is 0 Å². The number of hydrogen-bond acceptors (Lipinski definition) is 4. The van der Waals surface area contributed by atoms with Gasteiger partial charge in [-0.2, -0.15) is 4.57 Å². The summed E-state index contributed by atoms with van der Waals surface area (Å²) in [5.41, 5.74) is 1.87. The lowest BCUT2D eigenvalue weighted by Gasteiger charge is -2.11. The van der Waals surface area contributed by atoms with Gasteiger partial charge >= 0.3 is 0 Å². The van der Waals surface area contributed by atoms with Crippen LogP contribution in [0.4, 0.5) is 5.69 Å². The Bertz CT molecular complexity index is 1160. The van der Waals surface area contributed by atoms with Gasteiger partial charge in [0.1, 0.15) is 11.5 Å². The Morgan fingerprint density at radius 3 is 2.22 bits per heavy atom. The highest BCUT2D eigenvalue weighted by atomic mass is 79.9. The molecule has 0 atom stereocenters. The van der Waals surface area contributed by atoms with Crippen molar-refractivity contribution in [2.45, 2.75) is 97.4 Å². The van der Waals surface area contributed by atoms with E-state index in [-0.39, 0.29) is 29.5 Å². The van der Waals surface area contributed by atoms with Gasteiger partial charge in [0.05, 0.1) is 17.0 Å². The summed E-state index contributed by atoms with van der Waals surface area (Å²) in [6.07, 6.45) is 17.9. The molecule has 5 nitrogen and oxygen atoms in total. The van der Waals surface area contributed by atoms with E-state index in [0.29, 0.717) is 23.1 Å². The number of nitrogens with one attached hydrogen (secondary N) is 1. The van der Waals surface area contributed by atoms with Crippen molar-refractivity contribution in [2.75, 3.05) is 18.5 Å². The second-order valence-corrected chi connectivity index (χ2v) is 11.9. The summed E-state index contributed by atoms with van der Waals surface area (Å²) in [4.78, 5) is 12.5.